The molecule has 0 aliphatic carbocycles. The van der Waals surface area contributed by atoms with Gasteiger partial charge in [0.1, 0.15) is 0 Å². The first-order valence-electron chi connectivity index (χ1n) is 18.8. The summed E-state index contributed by atoms with van der Waals surface area (Å²) in [5, 5.41) is 3.59. The maximum Gasteiger partial charge on any atom is 0.0963 e. The Kier molecular flexibility index (Phi) is 7.42. The minimum Gasteiger partial charge on any atom is -0.309 e. The first-order valence-corrected chi connectivity index (χ1v) is 18.8. The molecule has 0 N–H and O–H groups in total. The predicted molar refractivity (Wildman–Crippen MR) is 230 cm³/mol. The van der Waals surface area contributed by atoms with Crippen LogP contribution in [0.15, 0.2) is 201 Å². The first-order chi connectivity index (χ1) is 27.8. The highest BCUT2D eigenvalue weighted by molar-refractivity contribution is 6.17. The molecule has 0 aliphatic rings. The van der Waals surface area contributed by atoms with E-state index >= 15 is 0 Å². The lowest BCUT2D eigenvalue weighted by molar-refractivity contribution is 1.18. The van der Waals surface area contributed by atoms with Crippen LogP contribution in [0.25, 0.3) is 99.9 Å². The van der Waals surface area contributed by atoms with E-state index in [0.29, 0.717) is 0 Å². The van der Waals surface area contributed by atoms with Crippen molar-refractivity contribution in [1.29, 1.82) is 0 Å². The number of hydrogen-bond acceptors (Lipinski definition) is 3. The molecule has 0 radical (unpaired) electrons. The smallest absolute Gasteiger partial charge is 0.0963 e. The Balaban J connectivity index is 1.08. The minimum absolute atomic E-state index is 0.923. The van der Waals surface area contributed by atoms with Crippen LogP contribution in [0.3, 0.4) is 0 Å². The zero-order valence-corrected chi connectivity index (χ0v) is 30.3. The maximum absolute atomic E-state index is 4.98. The third-order valence-corrected chi connectivity index (χ3v) is 10.8. The standard InChI is InChI=1S/C51H33N5/c1-2-14-39(15-3-1)55-46-21-5-4-17-42(46)50-41(18-11-22-48(50)55)35-24-25-47-43(33-35)51-49(23-12-28-54-51)56(47)40-16-10-13-34(32-40)36-29-37(44-19-6-8-26-52-44)31-38(30-36)45-20-7-9-27-53-45/h1-33H. The van der Waals surface area contributed by atoms with Crippen LogP contribution in [0.4, 0.5) is 0 Å². The fourth-order valence-electron chi connectivity index (χ4n) is 8.38. The van der Waals surface area contributed by atoms with E-state index in [4.69, 9.17) is 4.98 Å². The number of rotatable bonds is 6. The Bertz CT molecular complexity index is 3180. The van der Waals surface area contributed by atoms with Crippen LogP contribution in [0.1, 0.15) is 0 Å². The lowest BCUT2D eigenvalue weighted by Crippen LogP contribution is -1.95. The van der Waals surface area contributed by atoms with Gasteiger partial charge in [0, 0.05) is 57.3 Å². The molecule has 11 rings (SSSR count). The molecule has 0 saturated carbocycles. The molecule has 6 aromatic carbocycles. The fourth-order valence-corrected chi connectivity index (χ4v) is 8.38. The Labute approximate surface area is 323 Å². The van der Waals surface area contributed by atoms with Crippen molar-refractivity contribution in [2.24, 2.45) is 0 Å². The van der Waals surface area contributed by atoms with E-state index in [0.717, 1.165) is 72.5 Å². The summed E-state index contributed by atoms with van der Waals surface area (Å²) in [5.41, 5.74) is 16.2. The summed E-state index contributed by atoms with van der Waals surface area (Å²) >= 11 is 0. The van der Waals surface area contributed by atoms with Gasteiger partial charge in [0.15, 0.2) is 0 Å². The summed E-state index contributed by atoms with van der Waals surface area (Å²) in [5.74, 6) is 0. The molecule has 0 amide bonds. The molecule has 0 bridgehead atoms. The van der Waals surface area contributed by atoms with Crippen molar-refractivity contribution >= 4 is 43.7 Å². The van der Waals surface area contributed by atoms with E-state index in [1.165, 1.54) is 27.4 Å². The number of aromatic nitrogens is 5. The van der Waals surface area contributed by atoms with Crippen molar-refractivity contribution in [3.63, 3.8) is 0 Å². The molecular weight excluding hydrogens is 683 g/mol. The van der Waals surface area contributed by atoms with Gasteiger partial charge in [-0.2, -0.15) is 0 Å². The van der Waals surface area contributed by atoms with Gasteiger partial charge in [-0.3, -0.25) is 15.0 Å². The lowest BCUT2D eigenvalue weighted by atomic mass is 9.96. The largest absolute Gasteiger partial charge is 0.309 e. The molecule has 5 aromatic heterocycles. The molecule has 11 aromatic rings. The molecule has 0 fully saturated rings. The molecule has 0 saturated heterocycles. The SMILES string of the molecule is c1ccc(-n2c3ccccc3c3c(-c4ccc5c(c4)c4ncccc4n5-c4cccc(-c5cc(-c6ccccn6)cc(-c6ccccn6)c5)c4)cccc32)cc1. The highest BCUT2D eigenvalue weighted by Crippen LogP contribution is 2.41. The summed E-state index contributed by atoms with van der Waals surface area (Å²) in [6.45, 7) is 0. The molecule has 0 atom stereocenters. The van der Waals surface area contributed by atoms with Gasteiger partial charge in [-0.1, -0.05) is 78.9 Å². The van der Waals surface area contributed by atoms with Gasteiger partial charge in [0.2, 0.25) is 0 Å². The lowest BCUT2D eigenvalue weighted by Gasteiger charge is -2.13. The number of benzene rings is 6. The number of fused-ring (bicyclic) bond motifs is 6. The van der Waals surface area contributed by atoms with Crippen LogP contribution in [0.2, 0.25) is 0 Å². The van der Waals surface area contributed by atoms with Crippen LogP contribution in [-0.4, -0.2) is 24.1 Å². The van der Waals surface area contributed by atoms with Gasteiger partial charge in [0.05, 0.1) is 39.0 Å². The second-order valence-corrected chi connectivity index (χ2v) is 14.1. The van der Waals surface area contributed by atoms with Crippen LogP contribution >= 0.6 is 0 Å². The Morgan fingerprint density at radius 1 is 0.321 bits per heavy atom. The minimum atomic E-state index is 0.923. The van der Waals surface area contributed by atoms with Crippen molar-refractivity contribution < 1.29 is 0 Å². The van der Waals surface area contributed by atoms with E-state index in [2.05, 4.69) is 171 Å². The Morgan fingerprint density at radius 2 is 0.946 bits per heavy atom. The van der Waals surface area contributed by atoms with Gasteiger partial charge in [0.25, 0.3) is 0 Å². The van der Waals surface area contributed by atoms with E-state index in [1.54, 1.807) is 0 Å². The molecule has 5 heterocycles. The zero-order chi connectivity index (χ0) is 37.0. The maximum atomic E-state index is 4.98. The normalized spacial score (nSPS) is 11.6. The van der Waals surface area contributed by atoms with Crippen molar-refractivity contribution in [3.8, 4) is 56.1 Å². The van der Waals surface area contributed by atoms with E-state index in [9.17, 15) is 0 Å². The molecule has 5 nitrogen and oxygen atoms in total. The van der Waals surface area contributed by atoms with Crippen LogP contribution in [0, 0.1) is 0 Å². The first kappa shape index (κ1) is 31.9. The van der Waals surface area contributed by atoms with E-state index in [1.807, 2.05) is 48.9 Å². The predicted octanol–water partition coefficient (Wildman–Crippen LogP) is 12.7. The van der Waals surface area contributed by atoms with Crippen molar-refractivity contribution in [1.82, 2.24) is 24.1 Å². The fraction of sp³-hybridized carbons (Fsp3) is 0. The van der Waals surface area contributed by atoms with E-state index in [-0.39, 0.29) is 0 Å². The van der Waals surface area contributed by atoms with Gasteiger partial charge in [-0.05, 0) is 125 Å². The highest BCUT2D eigenvalue weighted by Gasteiger charge is 2.19. The molecule has 0 spiro atoms. The van der Waals surface area contributed by atoms with Gasteiger partial charge < -0.3 is 9.13 Å². The van der Waals surface area contributed by atoms with Crippen molar-refractivity contribution in [2.45, 2.75) is 0 Å². The molecular formula is C51H33N5. The molecule has 5 heteroatoms. The van der Waals surface area contributed by atoms with Gasteiger partial charge in [-0.25, -0.2) is 0 Å². The molecule has 56 heavy (non-hydrogen) atoms. The van der Waals surface area contributed by atoms with Crippen LogP contribution in [0.5, 0.6) is 0 Å². The van der Waals surface area contributed by atoms with Gasteiger partial charge >= 0.3 is 0 Å². The number of hydrogen-bond donors (Lipinski definition) is 0. The quantitative estimate of drug-likeness (QED) is 0.172. The second kappa shape index (κ2) is 13.0. The summed E-state index contributed by atoms with van der Waals surface area (Å²) < 4.78 is 4.72. The summed E-state index contributed by atoms with van der Waals surface area (Å²) in [6, 6.07) is 64.5. The Morgan fingerprint density at radius 3 is 1.73 bits per heavy atom. The average molecular weight is 716 g/mol. The third kappa shape index (κ3) is 5.21. The Hall–Kier alpha value is -7.63. The van der Waals surface area contributed by atoms with Gasteiger partial charge in [-0.15, -0.1) is 0 Å². The topological polar surface area (TPSA) is 48.5 Å². The summed E-state index contributed by atoms with van der Waals surface area (Å²) in [4.78, 5) is 14.4. The molecule has 0 aliphatic heterocycles. The third-order valence-electron chi connectivity index (χ3n) is 10.8. The van der Waals surface area contributed by atoms with Crippen LogP contribution in [-0.2, 0) is 0 Å². The average Bonchev–Trinajstić information content (AvgIpc) is 3.80. The zero-order valence-electron chi connectivity index (χ0n) is 30.3. The highest BCUT2D eigenvalue weighted by atomic mass is 15.0. The summed E-state index contributed by atoms with van der Waals surface area (Å²) in [6.07, 6.45) is 5.58. The van der Waals surface area contributed by atoms with Crippen molar-refractivity contribution in [2.75, 3.05) is 0 Å². The number of para-hydroxylation sites is 2. The monoisotopic (exact) mass is 715 g/mol. The molecule has 0 unspecified atom stereocenters. The van der Waals surface area contributed by atoms with Crippen LogP contribution < -0.4 is 0 Å². The summed E-state index contributed by atoms with van der Waals surface area (Å²) in [7, 11) is 0. The van der Waals surface area contributed by atoms with Crippen molar-refractivity contribution in [3.05, 3.63) is 201 Å². The number of nitrogens with zero attached hydrogens (tertiary/aromatic N) is 5. The number of pyridine rings is 3. The molecule has 262 valence electrons. The second-order valence-electron chi connectivity index (χ2n) is 14.1. The van der Waals surface area contributed by atoms with E-state index < -0.39 is 0 Å².